The molecule has 0 heterocycles. The first-order valence-corrected chi connectivity index (χ1v) is 4.94. The first-order chi connectivity index (χ1) is 7.45. The molecule has 2 aromatic carbocycles. The Hall–Kier alpha value is -1.66. The Kier molecular flexibility index (Phi) is 5.13. The molecule has 2 nitrogen and oxygen atoms in total. The minimum absolute atomic E-state index is 0.869. The Bertz CT molecular complexity index is 338. The maximum atomic E-state index is 8.17. The maximum absolute atomic E-state index is 8.17. The molecule has 0 saturated heterocycles. The van der Waals surface area contributed by atoms with Gasteiger partial charge in [0.2, 0.25) is 0 Å². The van der Waals surface area contributed by atoms with Crippen LogP contribution in [-0.4, -0.2) is 0 Å². The zero-order valence-electron chi connectivity index (χ0n) is 8.17. The van der Waals surface area contributed by atoms with E-state index < -0.39 is 0 Å². The van der Waals surface area contributed by atoms with Crippen molar-refractivity contribution in [3.05, 3.63) is 60.7 Å². The third kappa shape index (κ3) is 3.92. The summed E-state index contributed by atoms with van der Waals surface area (Å²) in [7, 11) is 1.17. The van der Waals surface area contributed by atoms with Gasteiger partial charge in [0.1, 0.15) is 11.5 Å². The molecule has 0 bridgehead atoms. The van der Waals surface area contributed by atoms with Crippen LogP contribution in [0.3, 0.4) is 0 Å². The van der Waals surface area contributed by atoms with Gasteiger partial charge in [-0.05, 0) is 24.3 Å². The summed E-state index contributed by atoms with van der Waals surface area (Å²) in [5.74, 6) is 1.74. The number of para-hydroxylation sites is 2. The van der Waals surface area contributed by atoms with Crippen molar-refractivity contribution < 1.29 is 9.30 Å². The summed E-state index contributed by atoms with van der Waals surface area (Å²) in [4.78, 5) is 0. The summed E-state index contributed by atoms with van der Waals surface area (Å²) in [6, 6.07) is 19.5. The van der Waals surface area contributed by atoms with Crippen molar-refractivity contribution in [2.45, 2.75) is 0 Å². The summed E-state index contributed by atoms with van der Waals surface area (Å²) in [6.07, 6.45) is 0. The summed E-state index contributed by atoms with van der Waals surface area (Å²) in [5, 5.41) is 0. The highest BCUT2D eigenvalue weighted by Crippen LogP contribution is 2.19. The zero-order valence-corrected chi connectivity index (χ0v) is 9.32. The van der Waals surface area contributed by atoms with Crippen LogP contribution < -0.4 is 4.74 Å². The highest BCUT2D eigenvalue weighted by atomic mass is 31.0. The Labute approximate surface area is 91.1 Å². The van der Waals surface area contributed by atoms with Crippen molar-refractivity contribution in [1.29, 1.82) is 0 Å². The van der Waals surface area contributed by atoms with Gasteiger partial charge in [-0.3, -0.25) is 0 Å². The van der Waals surface area contributed by atoms with Gasteiger partial charge in [-0.1, -0.05) is 41.0 Å². The second-order valence-electron chi connectivity index (χ2n) is 2.73. The van der Waals surface area contributed by atoms with E-state index in [1.807, 2.05) is 60.7 Å². The van der Waals surface area contributed by atoms with E-state index in [1.54, 1.807) is 0 Å². The van der Waals surface area contributed by atoms with Crippen LogP contribution in [0, 0.1) is 0 Å². The SMILES string of the molecule is O=[PH2+].c1ccc(Oc2ccccc2)cc1. The molecule has 1 atom stereocenters. The van der Waals surface area contributed by atoms with Gasteiger partial charge in [0.25, 0.3) is 0 Å². The predicted molar refractivity (Wildman–Crippen MR) is 63.4 cm³/mol. The molecule has 0 spiro atoms. The van der Waals surface area contributed by atoms with E-state index in [9.17, 15) is 0 Å². The number of ether oxygens (including phenoxy) is 1. The van der Waals surface area contributed by atoms with Gasteiger partial charge in [-0.2, -0.15) is 0 Å². The first kappa shape index (κ1) is 11.4. The molecule has 0 aliphatic carbocycles. The quantitative estimate of drug-likeness (QED) is 0.720. The lowest BCUT2D eigenvalue weighted by atomic mass is 10.3. The molecular weight excluding hydrogens is 207 g/mol. The molecular formula is C12H12O2P+. The third-order valence-corrected chi connectivity index (χ3v) is 1.72. The number of benzene rings is 2. The van der Waals surface area contributed by atoms with Crippen molar-refractivity contribution in [1.82, 2.24) is 0 Å². The van der Waals surface area contributed by atoms with Gasteiger partial charge in [-0.25, -0.2) is 0 Å². The summed E-state index contributed by atoms with van der Waals surface area (Å²) in [6.45, 7) is 0. The molecule has 0 amide bonds. The Morgan fingerprint density at radius 3 is 1.33 bits per heavy atom. The largest absolute Gasteiger partial charge is 0.457 e. The normalized spacial score (nSPS) is 8.53. The van der Waals surface area contributed by atoms with Crippen LogP contribution in [0.25, 0.3) is 0 Å². The summed E-state index contributed by atoms with van der Waals surface area (Å²) >= 11 is 0. The molecule has 0 N–H and O–H groups in total. The number of rotatable bonds is 2. The van der Waals surface area contributed by atoms with E-state index in [1.165, 1.54) is 9.12 Å². The van der Waals surface area contributed by atoms with Gasteiger partial charge in [-0.15, -0.1) is 0 Å². The molecule has 1 unspecified atom stereocenters. The van der Waals surface area contributed by atoms with Crippen molar-refractivity contribution in [3.63, 3.8) is 0 Å². The van der Waals surface area contributed by atoms with E-state index in [2.05, 4.69) is 0 Å². The fourth-order valence-corrected chi connectivity index (χ4v) is 1.11. The minimum atomic E-state index is 0.869. The predicted octanol–water partition coefficient (Wildman–Crippen LogP) is 3.69. The molecule has 76 valence electrons. The molecule has 0 saturated carbocycles. The van der Waals surface area contributed by atoms with Crippen LogP contribution >= 0.6 is 9.12 Å². The topological polar surface area (TPSA) is 26.3 Å². The lowest BCUT2D eigenvalue weighted by Gasteiger charge is -2.03. The second-order valence-corrected chi connectivity index (χ2v) is 2.73. The van der Waals surface area contributed by atoms with Crippen LogP contribution in [0.15, 0.2) is 60.7 Å². The van der Waals surface area contributed by atoms with Gasteiger partial charge in [0, 0.05) is 0 Å². The fourth-order valence-electron chi connectivity index (χ4n) is 1.11. The third-order valence-electron chi connectivity index (χ3n) is 1.72. The lowest BCUT2D eigenvalue weighted by molar-refractivity contribution is 0.482. The highest BCUT2D eigenvalue weighted by Gasteiger charge is 1.92. The van der Waals surface area contributed by atoms with Crippen LogP contribution in [-0.2, 0) is 4.57 Å². The van der Waals surface area contributed by atoms with E-state index >= 15 is 0 Å². The van der Waals surface area contributed by atoms with Crippen molar-refractivity contribution in [3.8, 4) is 11.5 Å². The number of hydrogen-bond donors (Lipinski definition) is 0. The molecule has 0 radical (unpaired) electrons. The fraction of sp³-hybridized carbons (Fsp3) is 0. The molecule has 15 heavy (non-hydrogen) atoms. The van der Waals surface area contributed by atoms with Gasteiger partial charge >= 0.3 is 9.12 Å². The molecule has 0 aliphatic rings. The molecule has 0 fully saturated rings. The number of hydrogen-bond acceptors (Lipinski definition) is 2. The molecule has 0 aromatic heterocycles. The average Bonchev–Trinajstić information content (AvgIpc) is 2.34. The van der Waals surface area contributed by atoms with Crippen LogP contribution in [0.4, 0.5) is 0 Å². The standard InChI is InChI=1S/C12H10O.H2OP/c1-3-7-11(8-4-1)13-12-9-5-2-6-10-12;1-2/h1-10H;2H2/q;+1. The van der Waals surface area contributed by atoms with Gasteiger partial charge in [0.15, 0.2) is 0 Å². The van der Waals surface area contributed by atoms with Crippen molar-refractivity contribution in [2.75, 3.05) is 0 Å². The van der Waals surface area contributed by atoms with Crippen LogP contribution in [0.2, 0.25) is 0 Å². The molecule has 2 rings (SSSR count). The summed E-state index contributed by atoms with van der Waals surface area (Å²) in [5.41, 5.74) is 0. The Morgan fingerprint density at radius 2 is 1.00 bits per heavy atom. The van der Waals surface area contributed by atoms with Crippen molar-refractivity contribution >= 4 is 9.12 Å². The summed E-state index contributed by atoms with van der Waals surface area (Å²) < 4.78 is 13.7. The van der Waals surface area contributed by atoms with E-state index in [0.717, 1.165) is 11.5 Å². The minimum Gasteiger partial charge on any atom is -0.457 e. The van der Waals surface area contributed by atoms with Crippen molar-refractivity contribution in [2.24, 2.45) is 0 Å². The van der Waals surface area contributed by atoms with Crippen LogP contribution in [0.5, 0.6) is 11.5 Å². The highest BCUT2D eigenvalue weighted by molar-refractivity contribution is 7.00. The zero-order chi connectivity index (χ0) is 10.9. The smallest absolute Gasteiger partial charge is 0.310 e. The van der Waals surface area contributed by atoms with E-state index in [0.29, 0.717) is 0 Å². The second kappa shape index (κ2) is 6.74. The first-order valence-electron chi connectivity index (χ1n) is 4.47. The average molecular weight is 219 g/mol. The van der Waals surface area contributed by atoms with Crippen LogP contribution in [0.1, 0.15) is 0 Å². The lowest BCUT2D eigenvalue weighted by Crippen LogP contribution is -1.81. The molecule has 3 heteroatoms. The Morgan fingerprint density at radius 1 is 0.667 bits per heavy atom. The van der Waals surface area contributed by atoms with E-state index in [4.69, 9.17) is 9.30 Å². The maximum Gasteiger partial charge on any atom is 0.310 e. The van der Waals surface area contributed by atoms with Gasteiger partial charge < -0.3 is 4.74 Å². The van der Waals surface area contributed by atoms with E-state index in [-0.39, 0.29) is 0 Å². The Balaban J connectivity index is 0.000000531. The monoisotopic (exact) mass is 219 g/mol. The molecule has 2 aromatic rings. The molecule has 0 aliphatic heterocycles. The van der Waals surface area contributed by atoms with Gasteiger partial charge in [0.05, 0.1) is 0 Å².